The molecule has 0 aromatic carbocycles. The molecule has 0 aliphatic heterocycles. The van der Waals surface area contributed by atoms with Gasteiger partial charge in [0, 0.05) is 18.1 Å². The molecule has 0 atom stereocenters. The highest BCUT2D eigenvalue weighted by Crippen LogP contribution is 2.17. The van der Waals surface area contributed by atoms with E-state index in [1.165, 1.54) is 135 Å². The zero-order valence-corrected chi connectivity index (χ0v) is 21.0. The lowest BCUT2D eigenvalue weighted by molar-refractivity contribution is -0.697. The first-order chi connectivity index (χ1) is 14.8. The highest BCUT2D eigenvalue weighted by atomic mass is 14.9. The molecule has 174 valence electrons. The van der Waals surface area contributed by atoms with E-state index in [0.29, 0.717) is 0 Å². The summed E-state index contributed by atoms with van der Waals surface area (Å²) < 4.78 is 2.47. The van der Waals surface area contributed by atoms with Gasteiger partial charge in [-0.1, -0.05) is 111 Å². The van der Waals surface area contributed by atoms with Crippen molar-refractivity contribution < 1.29 is 4.57 Å². The van der Waals surface area contributed by atoms with E-state index in [2.05, 4.69) is 43.8 Å². The number of aryl methyl sites for hydroxylation is 3. The molecule has 0 saturated carbocycles. The predicted octanol–water partition coefficient (Wildman–Crippen LogP) is 9.14. The standard InChI is InChI=1S/C29H54N/c1-4-7-10-13-15-17-19-22-28-24-26-30(25-21-12-9-6-3)27-29(28)23-20-18-16-14-11-8-5-2/h24,26-27H,4-23,25H2,1-3H3/q+1. The molecule has 0 N–H and O–H groups in total. The number of rotatable bonds is 21. The van der Waals surface area contributed by atoms with Gasteiger partial charge in [-0.15, -0.1) is 0 Å². The van der Waals surface area contributed by atoms with Crippen molar-refractivity contribution in [2.45, 2.75) is 156 Å². The number of unbranched alkanes of at least 4 members (excludes halogenated alkanes) is 15. The van der Waals surface area contributed by atoms with E-state index in [1.54, 1.807) is 11.1 Å². The molecule has 0 fully saturated rings. The van der Waals surface area contributed by atoms with Gasteiger partial charge in [0.1, 0.15) is 6.54 Å². The van der Waals surface area contributed by atoms with Gasteiger partial charge in [-0.2, -0.15) is 0 Å². The van der Waals surface area contributed by atoms with E-state index < -0.39 is 0 Å². The SMILES string of the molecule is CCCCCCCCCc1cc[n+](CCCCCC)cc1CCCCCCCCC. The van der Waals surface area contributed by atoms with Crippen LogP contribution in [0.2, 0.25) is 0 Å². The Balaban J connectivity index is 2.46. The molecule has 1 aromatic rings. The van der Waals surface area contributed by atoms with E-state index in [4.69, 9.17) is 0 Å². The maximum absolute atomic E-state index is 2.50. The van der Waals surface area contributed by atoms with Crippen molar-refractivity contribution in [2.75, 3.05) is 0 Å². The van der Waals surface area contributed by atoms with E-state index in [1.807, 2.05) is 0 Å². The van der Waals surface area contributed by atoms with Gasteiger partial charge in [0.05, 0.1) is 0 Å². The Morgan fingerprint density at radius 1 is 0.500 bits per heavy atom. The molecular formula is C29H54N+. The van der Waals surface area contributed by atoms with Crippen molar-refractivity contribution >= 4 is 0 Å². The van der Waals surface area contributed by atoms with Crippen LogP contribution in [0.5, 0.6) is 0 Å². The van der Waals surface area contributed by atoms with Gasteiger partial charge in [-0.3, -0.25) is 0 Å². The van der Waals surface area contributed by atoms with Crippen molar-refractivity contribution in [3.8, 4) is 0 Å². The summed E-state index contributed by atoms with van der Waals surface area (Å²) in [5.41, 5.74) is 3.28. The van der Waals surface area contributed by atoms with Crippen LogP contribution in [0.1, 0.15) is 147 Å². The number of aromatic nitrogens is 1. The highest BCUT2D eigenvalue weighted by Gasteiger charge is 2.10. The van der Waals surface area contributed by atoms with Crippen molar-refractivity contribution in [3.63, 3.8) is 0 Å². The van der Waals surface area contributed by atoms with Crippen molar-refractivity contribution in [1.29, 1.82) is 0 Å². The third kappa shape index (κ3) is 14.2. The summed E-state index contributed by atoms with van der Waals surface area (Å²) in [6, 6.07) is 2.45. The minimum absolute atomic E-state index is 1.20. The first-order valence-corrected chi connectivity index (χ1v) is 13.8. The van der Waals surface area contributed by atoms with E-state index in [9.17, 15) is 0 Å². The van der Waals surface area contributed by atoms with Crippen LogP contribution in [0, 0.1) is 0 Å². The summed E-state index contributed by atoms with van der Waals surface area (Å²) in [6.45, 7) is 8.10. The van der Waals surface area contributed by atoms with Crippen LogP contribution >= 0.6 is 0 Å². The second-order valence-electron chi connectivity index (χ2n) is 9.54. The molecule has 0 unspecified atom stereocenters. The number of nitrogens with zero attached hydrogens (tertiary/aromatic N) is 1. The van der Waals surface area contributed by atoms with E-state index in [-0.39, 0.29) is 0 Å². The second-order valence-corrected chi connectivity index (χ2v) is 9.54. The predicted molar refractivity (Wildman–Crippen MR) is 134 cm³/mol. The largest absolute Gasteiger partial charge is 0.205 e. The van der Waals surface area contributed by atoms with Gasteiger partial charge in [-0.25, -0.2) is 4.57 Å². The molecule has 1 nitrogen and oxygen atoms in total. The first kappa shape index (κ1) is 27.2. The van der Waals surface area contributed by atoms with Crippen LogP contribution in [-0.2, 0) is 19.4 Å². The molecule has 0 saturated heterocycles. The van der Waals surface area contributed by atoms with Crippen LogP contribution < -0.4 is 4.57 Å². The molecule has 0 spiro atoms. The fourth-order valence-electron chi connectivity index (χ4n) is 4.49. The number of hydrogen-bond acceptors (Lipinski definition) is 0. The summed E-state index contributed by atoms with van der Waals surface area (Å²) in [5.74, 6) is 0. The Kier molecular flexibility index (Phi) is 18.2. The van der Waals surface area contributed by atoms with Gasteiger partial charge < -0.3 is 0 Å². The molecule has 1 heteroatoms. The maximum Gasteiger partial charge on any atom is 0.172 e. The van der Waals surface area contributed by atoms with Gasteiger partial charge in [-0.05, 0) is 37.7 Å². The lowest BCUT2D eigenvalue weighted by atomic mass is 9.97. The average molecular weight is 417 g/mol. The Labute approximate surface area is 190 Å². The second kappa shape index (κ2) is 20.1. The first-order valence-electron chi connectivity index (χ1n) is 13.8. The molecule has 1 aromatic heterocycles. The van der Waals surface area contributed by atoms with E-state index >= 15 is 0 Å². The topological polar surface area (TPSA) is 3.88 Å². The Hall–Kier alpha value is -0.850. The minimum Gasteiger partial charge on any atom is -0.205 e. The molecule has 0 bridgehead atoms. The minimum atomic E-state index is 1.20. The van der Waals surface area contributed by atoms with Gasteiger partial charge in [0.2, 0.25) is 0 Å². The van der Waals surface area contributed by atoms with Crippen LogP contribution in [0.4, 0.5) is 0 Å². The molecule has 30 heavy (non-hydrogen) atoms. The van der Waals surface area contributed by atoms with Crippen LogP contribution in [-0.4, -0.2) is 0 Å². The molecule has 1 rings (SSSR count). The van der Waals surface area contributed by atoms with Crippen LogP contribution in [0.25, 0.3) is 0 Å². The van der Waals surface area contributed by atoms with Crippen LogP contribution in [0.15, 0.2) is 18.5 Å². The fraction of sp³-hybridized carbons (Fsp3) is 0.828. The van der Waals surface area contributed by atoms with Gasteiger partial charge in [0.25, 0.3) is 0 Å². The summed E-state index contributed by atoms with van der Waals surface area (Å²) in [5, 5.41) is 0. The third-order valence-corrected chi connectivity index (χ3v) is 6.57. The van der Waals surface area contributed by atoms with E-state index in [0.717, 1.165) is 0 Å². The lowest BCUT2D eigenvalue weighted by Gasteiger charge is -2.09. The Morgan fingerprint density at radius 3 is 1.47 bits per heavy atom. The smallest absolute Gasteiger partial charge is 0.172 e. The fourth-order valence-corrected chi connectivity index (χ4v) is 4.49. The third-order valence-electron chi connectivity index (χ3n) is 6.57. The molecule has 1 heterocycles. The zero-order valence-electron chi connectivity index (χ0n) is 21.0. The van der Waals surface area contributed by atoms with Crippen molar-refractivity contribution in [1.82, 2.24) is 0 Å². The Morgan fingerprint density at radius 2 is 0.933 bits per heavy atom. The number of pyridine rings is 1. The van der Waals surface area contributed by atoms with Gasteiger partial charge >= 0.3 is 0 Å². The lowest BCUT2D eigenvalue weighted by Crippen LogP contribution is -2.33. The summed E-state index contributed by atoms with van der Waals surface area (Å²) >= 11 is 0. The molecule has 0 radical (unpaired) electrons. The summed E-state index contributed by atoms with van der Waals surface area (Å²) in [4.78, 5) is 0. The molecule has 0 aliphatic carbocycles. The molecule has 0 amide bonds. The molecular weight excluding hydrogens is 362 g/mol. The van der Waals surface area contributed by atoms with Crippen molar-refractivity contribution in [2.24, 2.45) is 0 Å². The average Bonchev–Trinajstić information content (AvgIpc) is 2.76. The summed E-state index contributed by atoms with van der Waals surface area (Å²) in [6.07, 6.45) is 32.5. The zero-order chi connectivity index (χ0) is 21.7. The quantitative estimate of drug-likeness (QED) is 0.139. The summed E-state index contributed by atoms with van der Waals surface area (Å²) in [7, 11) is 0. The molecule has 0 aliphatic rings. The number of hydrogen-bond donors (Lipinski definition) is 0. The highest BCUT2D eigenvalue weighted by molar-refractivity contribution is 5.21. The normalized spacial score (nSPS) is 11.3. The van der Waals surface area contributed by atoms with Crippen LogP contribution in [0.3, 0.4) is 0 Å². The maximum atomic E-state index is 2.50. The van der Waals surface area contributed by atoms with Gasteiger partial charge in [0.15, 0.2) is 12.4 Å². The monoisotopic (exact) mass is 416 g/mol. The Bertz CT molecular complexity index is 493. The van der Waals surface area contributed by atoms with Crippen molar-refractivity contribution in [3.05, 3.63) is 29.6 Å².